The third kappa shape index (κ3) is 2.21. The Kier molecular flexibility index (Phi) is 3.51. The van der Waals surface area contributed by atoms with E-state index in [-0.39, 0.29) is 5.91 Å². The van der Waals surface area contributed by atoms with E-state index in [4.69, 9.17) is 0 Å². The maximum absolute atomic E-state index is 12.7. The van der Waals surface area contributed by atoms with E-state index in [0.29, 0.717) is 24.7 Å². The van der Waals surface area contributed by atoms with Crippen molar-refractivity contribution in [3.8, 4) is 0 Å². The van der Waals surface area contributed by atoms with Crippen molar-refractivity contribution in [3.63, 3.8) is 0 Å². The Morgan fingerprint density at radius 1 is 1.15 bits per heavy atom. The minimum atomic E-state index is -0.889. The molecule has 1 atom stereocenters. The van der Waals surface area contributed by atoms with Crippen LogP contribution in [0, 0.1) is 0 Å². The molecule has 2 heterocycles. The van der Waals surface area contributed by atoms with E-state index in [1.807, 2.05) is 22.9 Å². The average Bonchev–Trinajstić information content (AvgIpc) is 2.85. The van der Waals surface area contributed by atoms with Gasteiger partial charge in [0, 0.05) is 18.8 Å². The van der Waals surface area contributed by atoms with Crippen LogP contribution in [0.2, 0.25) is 0 Å². The molecule has 20 heavy (non-hydrogen) atoms. The highest BCUT2D eigenvalue weighted by Crippen LogP contribution is 2.33. The zero-order valence-electron chi connectivity index (χ0n) is 11.5. The Labute approximate surface area is 118 Å². The summed E-state index contributed by atoms with van der Waals surface area (Å²) >= 11 is 0. The highest BCUT2D eigenvalue weighted by Gasteiger charge is 2.34. The third-order valence-electron chi connectivity index (χ3n) is 4.51. The van der Waals surface area contributed by atoms with Gasteiger partial charge in [-0.05, 0) is 50.7 Å². The molecule has 3 rings (SSSR count). The number of piperidine rings is 1. The van der Waals surface area contributed by atoms with Gasteiger partial charge in [0.2, 0.25) is 0 Å². The molecule has 5 heteroatoms. The molecule has 0 unspecified atom stereocenters. The van der Waals surface area contributed by atoms with Crippen LogP contribution in [0.5, 0.6) is 0 Å². The smallest absolute Gasteiger partial charge is 0.326 e. The lowest BCUT2D eigenvalue weighted by Gasteiger charge is -2.35. The van der Waals surface area contributed by atoms with Gasteiger partial charge >= 0.3 is 5.97 Å². The van der Waals surface area contributed by atoms with Crippen LogP contribution < -0.4 is 0 Å². The second-order valence-corrected chi connectivity index (χ2v) is 5.73. The van der Waals surface area contributed by atoms with Crippen LogP contribution in [-0.4, -0.2) is 39.0 Å². The van der Waals surface area contributed by atoms with Crippen LogP contribution in [0.25, 0.3) is 0 Å². The summed E-state index contributed by atoms with van der Waals surface area (Å²) in [5, 5.41) is 9.29. The molecule has 1 aromatic heterocycles. The minimum absolute atomic E-state index is 0.131. The molecule has 0 spiro atoms. The lowest BCUT2D eigenvalue weighted by Crippen LogP contribution is -2.48. The van der Waals surface area contributed by atoms with Gasteiger partial charge in [-0.2, -0.15) is 0 Å². The molecule has 2 aliphatic rings. The van der Waals surface area contributed by atoms with Crippen LogP contribution in [0.15, 0.2) is 18.3 Å². The molecule has 5 nitrogen and oxygen atoms in total. The van der Waals surface area contributed by atoms with Gasteiger partial charge in [0.05, 0.1) is 0 Å². The summed E-state index contributed by atoms with van der Waals surface area (Å²) in [7, 11) is 0. The van der Waals surface area contributed by atoms with E-state index in [0.717, 1.165) is 25.7 Å². The molecule has 0 bridgehead atoms. The standard InChI is InChI=1S/C15H20N2O3/c18-14(17-9-2-1-7-13(17)15(19)20)12-8-4-10-16(12)11-5-3-6-11/h4,8,10-11,13H,1-3,5-7,9H2,(H,19,20)/t13-/m0/s1. The number of hydrogen-bond donors (Lipinski definition) is 1. The fraction of sp³-hybridized carbons (Fsp3) is 0.600. The molecule has 1 amide bonds. The van der Waals surface area contributed by atoms with Gasteiger partial charge in [0.25, 0.3) is 5.91 Å². The molecule has 1 aliphatic heterocycles. The maximum atomic E-state index is 12.7. The van der Waals surface area contributed by atoms with Gasteiger partial charge in [-0.3, -0.25) is 4.79 Å². The predicted molar refractivity (Wildman–Crippen MR) is 73.6 cm³/mol. The number of aromatic nitrogens is 1. The molecular weight excluding hydrogens is 256 g/mol. The van der Waals surface area contributed by atoms with Gasteiger partial charge < -0.3 is 14.6 Å². The summed E-state index contributed by atoms with van der Waals surface area (Å²) in [5.74, 6) is -1.02. The van der Waals surface area contributed by atoms with Crippen molar-refractivity contribution in [3.05, 3.63) is 24.0 Å². The molecule has 2 fully saturated rings. The summed E-state index contributed by atoms with van der Waals surface area (Å²) in [6.07, 6.45) is 7.69. The van der Waals surface area contributed by atoms with Gasteiger partial charge in [-0.15, -0.1) is 0 Å². The number of amides is 1. The first kappa shape index (κ1) is 13.2. The topological polar surface area (TPSA) is 62.5 Å². The van der Waals surface area contributed by atoms with Crippen molar-refractivity contribution >= 4 is 11.9 Å². The van der Waals surface area contributed by atoms with Crippen molar-refractivity contribution in [2.75, 3.05) is 6.54 Å². The molecule has 108 valence electrons. The Bertz CT molecular complexity index is 519. The number of rotatable bonds is 3. The van der Waals surface area contributed by atoms with Crippen LogP contribution in [-0.2, 0) is 4.79 Å². The predicted octanol–water partition coefficient (Wildman–Crippen LogP) is 2.29. The first-order valence-electron chi connectivity index (χ1n) is 7.39. The first-order valence-corrected chi connectivity index (χ1v) is 7.39. The minimum Gasteiger partial charge on any atom is -0.480 e. The molecule has 0 radical (unpaired) electrons. The molecule has 1 saturated carbocycles. The van der Waals surface area contributed by atoms with E-state index < -0.39 is 12.0 Å². The summed E-state index contributed by atoms with van der Waals surface area (Å²) in [5.41, 5.74) is 0.642. The molecule has 1 N–H and O–H groups in total. The van der Waals surface area contributed by atoms with Gasteiger partial charge in [-0.1, -0.05) is 0 Å². The summed E-state index contributed by atoms with van der Waals surface area (Å²) in [4.78, 5) is 25.5. The van der Waals surface area contributed by atoms with Crippen molar-refractivity contribution in [2.45, 2.75) is 50.6 Å². The van der Waals surface area contributed by atoms with E-state index in [9.17, 15) is 14.7 Å². The number of carbonyl (C=O) groups excluding carboxylic acids is 1. The molecular formula is C15H20N2O3. The summed E-state index contributed by atoms with van der Waals surface area (Å²) < 4.78 is 2.03. The zero-order valence-corrected chi connectivity index (χ0v) is 11.5. The van der Waals surface area contributed by atoms with E-state index in [2.05, 4.69) is 0 Å². The monoisotopic (exact) mass is 276 g/mol. The van der Waals surface area contributed by atoms with Crippen molar-refractivity contribution in [2.24, 2.45) is 0 Å². The average molecular weight is 276 g/mol. The highest BCUT2D eigenvalue weighted by molar-refractivity contribution is 5.95. The second-order valence-electron chi connectivity index (χ2n) is 5.73. The SMILES string of the molecule is O=C(O)[C@@H]1CCCCN1C(=O)c1cccn1C1CCC1. The Balaban J connectivity index is 1.83. The molecule has 0 aromatic carbocycles. The Hall–Kier alpha value is -1.78. The van der Waals surface area contributed by atoms with Gasteiger partial charge in [-0.25, -0.2) is 4.79 Å². The van der Waals surface area contributed by atoms with Crippen molar-refractivity contribution in [1.29, 1.82) is 0 Å². The molecule has 1 saturated heterocycles. The number of nitrogens with zero attached hydrogens (tertiary/aromatic N) is 2. The van der Waals surface area contributed by atoms with Crippen molar-refractivity contribution < 1.29 is 14.7 Å². The largest absolute Gasteiger partial charge is 0.480 e. The quantitative estimate of drug-likeness (QED) is 0.921. The number of aliphatic carboxylic acids is 1. The lowest BCUT2D eigenvalue weighted by molar-refractivity contribution is -0.143. The van der Waals surface area contributed by atoms with Crippen LogP contribution in [0.4, 0.5) is 0 Å². The summed E-state index contributed by atoms with van der Waals surface area (Å²) in [6, 6.07) is 3.44. The normalized spacial score (nSPS) is 23.4. The van der Waals surface area contributed by atoms with E-state index >= 15 is 0 Å². The van der Waals surface area contributed by atoms with Gasteiger partial charge in [0.1, 0.15) is 11.7 Å². The number of carboxylic acids is 1. The van der Waals surface area contributed by atoms with Crippen LogP contribution >= 0.6 is 0 Å². The molecule has 1 aliphatic carbocycles. The zero-order chi connectivity index (χ0) is 14.1. The Morgan fingerprint density at radius 2 is 1.95 bits per heavy atom. The number of hydrogen-bond acceptors (Lipinski definition) is 2. The van der Waals surface area contributed by atoms with Crippen molar-refractivity contribution in [1.82, 2.24) is 9.47 Å². The van der Waals surface area contributed by atoms with Gasteiger partial charge in [0.15, 0.2) is 0 Å². The van der Waals surface area contributed by atoms with Crippen LogP contribution in [0.3, 0.4) is 0 Å². The van der Waals surface area contributed by atoms with E-state index in [1.54, 1.807) is 0 Å². The highest BCUT2D eigenvalue weighted by atomic mass is 16.4. The molecule has 1 aromatic rings. The number of carbonyl (C=O) groups is 2. The fourth-order valence-corrected chi connectivity index (χ4v) is 3.14. The summed E-state index contributed by atoms with van der Waals surface area (Å²) in [6.45, 7) is 0.547. The van der Waals surface area contributed by atoms with Crippen LogP contribution in [0.1, 0.15) is 55.1 Å². The van der Waals surface area contributed by atoms with E-state index in [1.165, 1.54) is 11.3 Å². The lowest BCUT2D eigenvalue weighted by atomic mass is 9.92. The number of likely N-dealkylation sites (tertiary alicyclic amines) is 1. The third-order valence-corrected chi connectivity index (χ3v) is 4.51. The fourth-order valence-electron chi connectivity index (χ4n) is 3.14. The Morgan fingerprint density at radius 3 is 2.60 bits per heavy atom. The number of carboxylic acid groups (broad SMARTS) is 1. The second kappa shape index (κ2) is 5.31. The first-order chi connectivity index (χ1) is 9.68. The maximum Gasteiger partial charge on any atom is 0.326 e.